The highest BCUT2D eigenvalue weighted by Gasteiger charge is 2.14. The predicted octanol–water partition coefficient (Wildman–Crippen LogP) is 5.32. The van der Waals surface area contributed by atoms with Crippen molar-refractivity contribution < 1.29 is 10.2 Å². The zero-order chi connectivity index (χ0) is 22.5. The van der Waals surface area contributed by atoms with Crippen molar-refractivity contribution in [2.75, 3.05) is 0 Å². The van der Waals surface area contributed by atoms with Crippen molar-refractivity contribution in [2.45, 2.75) is 39.8 Å². The van der Waals surface area contributed by atoms with Gasteiger partial charge in [-0.2, -0.15) is 0 Å². The van der Waals surface area contributed by atoms with Gasteiger partial charge in [-0.1, -0.05) is 26.0 Å². The van der Waals surface area contributed by atoms with Crippen LogP contribution >= 0.6 is 0 Å². The van der Waals surface area contributed by atoms with E-state index in [9.17, 15) is 10.2 Å². The summed E-state index contributed by atoms with van der Waals surface area (Å²) in [5.74, 6) is 0.561. The van der Waals surface area contributed by atoms with E-state index in [1.54, 1.807) is 37.2 Å². The van der Waals surface area contributed by atoms with Crippen LogP contribution in [0.2, 0.25) is 0 Å². The van der Waals surface area contributed by atoms with Gasteiger partial charge in [-0.3, -0.25) is 0 Å². The number of aromatic nitrogens is 4. The van der Waals surface area contributed by atoms with Gasteiger partial charge < -0.3 is 19.3 Å². The second-order valence-corrected chi connectivity index (χ2v) is 7.82. The molecule has 2 N–H and O–H groups in total. The predicted molar refractivity (Wildman–Crippen MR) is 126 cm³/mol. The summed E-state index contributed by atoms with van der Waals surface area (Å²) >= 11 is 0. The van der Waals surface area contributed by atoms with Crippen molar-refractivity contribution in [3.8, 4) is 11.5 Å². The fraction of sp³-hybridized carbons (Fsp3) is 0.231. The number of phenolic OH excluding ortho intramolecular Hbond substituents is 2. The van der Waals surface area contributed by atoms with E-state index in [1.165, 1.54) is 11.1 Å². The number of phenols is 2. The molecule has 2 heterocycles. The van der Waals surface area contributed by atoms with Gasteiger partial charge >= 0.3 is 0 Å². The number of hydrogen-bond acceptors (Lipinski definition) is 4. The Morgan fingerprint density at radius 1 is 0.719 bits per heavy atom. The Morgan fingerprint density at radius 3 is 1.50 bits per heavy atom. The van der Waals surface area contributed by atoms with Gasteiger partial charge in [-0.25, -0.2) is 9.97 Å². The quantitative estimate of drug-likeness (QED) is 0.373. The summed E-state index contributed by atoms with van der Waals surface area (Å²) in [6, 6.07) is 11.6. The van der Waals surface area contributed by atoms with Crippen molar-refractivity contribution in [1.82, 2.24) is 19.1 Å². The van der Waals surface area contributed by atoms with Crippen molar-refractivity contribution in [3.63, 3.8) is 0 Å². The van der Waals surface area contributed by atoms with E-state index in [4.69, 9.17) is 0 Å². The maximum Gasteiger partial charge on any atom is 0.120 e. The third kappa shape index (κ3) is 4.59. The summed E-state index contributed by atoms with van der Waals surface area (Å²) in [4.78, 5) is 8.18. The third-order valence-corrected chi connectivity index (χ3v) is 5.75. The highest BCUT2D eigenvalue weighted by atomic mass is 16.3. The second kappa shape index (κ2) is 9.56. The molecule has 0 saturated heterocycles. The number of nitrogens with zero attached hydrogens (tertiary/aromatic N) is 4. The zero-order valence-corrected chi connectivity index (χ0v) is 18.4. The topological polar surface area (TPSA) is 76.1 Å². The SMILES string of the molecule is CCC(=C(CC)c1ccc(O)c(Cn2ccnc2)c1)c1ccc(O)c(Cn2ccnc2)c1. The van der Waals surface area contributed by atoms with Gasteiger partial charge in [0.15, 0.2) is 0 Å². The summed E-state index contributed by atoms with van der Waals surface area (Å²) in [5.41, 5.74) is 6.38. The Kier molecular flexibility index (Phi) is 6.40. The monoisotopic (exact) mass is 428 g/mol. The van der Waals surface area contributed by atoms with Crippen molar-refractivity contribution in [2.24, 2.45) is 0 Å². The highest BCUT2D eigenvalue weighted by molar-refractivity contribution is 5.91. The lowest BCUT2D eigenvalue weighted by molar-refractivity contribution is 0.465. The molecule has 4 rings (SSSR count). The molecule has 32 heavy (non-hydrogen) atoms. The van der Waals surface area contributed by atoms with Gasteiger partial charge in [-0.15, -0.1) is 0 Å². The first kappa shape index (κ1) is 21.4. The van der Waals surface area contributed by atoms with E-state index in [0.29, 0.717) is 13.1 Å². The highest BCUT2D eigenvalue weighted by Crippen LogP contribution is 2.35. The van der Waals surface area contributed by atoms with E-state index in [2.05, 4.69) is 35.9 Å². The standard InChI is InChI=1S/C26H28N4O2/c1-3-23(19-5-7-25(31)21(13-19)15-29-11-9-27-17-29)24(4-2)20-6-8-26(32)22(14-20)16-30-12-10-28-18-30/h5-14,17-18,31-32H,3-4,15-16H2,1-2H3. The Balaban J connectivity index is 1.74. The van der Waals surface area contributed by atoms with Crippen LogP contribution < -0.4 is 0 Å². The largest absolute Gasteiger partial charge is 0.508 e. The van der Waals surface area contributed by atoms with Crippen LogP contribution in [0, 0.1) is 0 Å². The number of benzene rings is 2. The normalized spacial score (nSPS) is 12.1. The van der Waals surface area contributed by atoms with Crippen LogP contribution in [0.25, 0.3) is 11.1 Å². The average molecular weight is 429 g/mol. The van der Waals surface area contributed by atoms with Crippen molar-refractivity contribution in [1.29, 1.82) is 0 Å². The fourth-order valence-electron chi connectivity index (χ4n) is 4.14. The Bertz CT molecular complexity index is 1110. The number of allylic oxidation sites excluding steroid dienone is 2. The molecule has 0 bridgehead atoms. The third-order valence-electron chi connectivity index (χ3n) is 5.75. The molecule has 0 atom stereocenters. The first-order valence-corrected chi connectivity index (χ1v) is 10.9. The minimum absolute atomic E-state index is 0.281. The van der Waals surface area contributed by atoms with Crippen LogP contribution in [0.1, 0.15) is 48.9 Å². The molecular weight excluding hydrogens is 400 g/mol. The molecule has 4 aromatic rings. The Labute approximate surface area is 188 Å². The summed E-state index contributed by atoms with van der Waals surface area (Å²) < 4.78 is 3.88. The zero-order valence-electron chi connectivity index (χ0n) is 18.4. The molecule has 164 valence electrons. The first-order valence-electron chi connectivity index (χ1n) is 10.9. The maximum atomic E-state index is 10.4. The lowest BCUT2D eigenvalue weighted by Crippen LogP contribution is -2.00. The molecule has 0 unspecified atom stereocenters. The van der Waals surface area contributed by atoms with Gasteiger partial charge in [0.25, 0.3) is 0 Å². The molecule has 6 heteroatoms. The number of hydrogen-bond donors (Lipinski definition) is 2. The molecule has 0 radical (unpaired) electrons. The van der Waals surface area contributed by atoms with Crippen LogP contribution in [0.15, 0.2) is 73.8 Å². The molecule has 2 aromatic heterocycles. The minimum Gasteiger partial charge on any atom is -0.508 e. The molecule has 0 spiro atoms. The number of aromatic hydroxyl groups is 2. The van der Waals surface area contributed by atoms with Gasteiger partial charge in [-0.05, 0) is 59.4 Å². The smallest absolute Gasteiger partial charge is 0.120 e. The molecule has 0 amide bonds. The van der Waals surface area contributed by atoms with E-state index in [-0.39, 0.29) is 11.5 Å². The second-order valence-electron chi connectivity index (χ2n) is 7.82. The van der Waals surface area contributed by atoms with Gasteiger partial charge in [0.05, 0.1) is 25.7 Å². The van der Waals surface area contributed by atoms with Gasteiger partial charge in [0.1, 0.15) is 11.5 Å². The Morgan fingerprint density at radius 2 is 1.16 bits per heavy atom. The molecule has 0 aliphatic carbocycles. The lowest BCUT2D eigenvalue weighted by Gasteiger charge is -2.17. The van der Waals surface area contributed by atoms with Gasteiger partial charge in [0.2, 0.25) is 0 Å². The van der Waals surface area contributed by atoms with Crippen molar-refractivity contribution >= 4 is 11.1 Å². The molecule has 0 aliphatic rings. The average Bonchev–Trinajstić information content (AvgIpc) is 3.50. The van der Waals surface area contributed by atoms with Crippen LogP contribution in [-0.4, -0.2) is 29.3 Å². The van der Waals surface area contributed by atoms with Crippen molar-refractivity contribution in [3.05, 3.63) is 96.1 Å². The lowest BCUT2D eigenvalue weighted by atomic mass is 9.89. The van der Waals surface area contributed by atoms with E-state index >= 15 is 0 Å². The fourth-order valence-corrected chi connectivity index (χ4v) is 4.14. The number of rotatable bonds is 8. The van der Waals surface area contributed by atoms with Crippen LogP contribution in [-0.2, 0) is 13.1 Å². The molecule has 0 aliphatic heterocycles. The molecular formula is C26H28N4O2. The molecule has 2 aromatic carbocycles. The van der Waals surface area contributed by atoms with Crippen LogP contribution in [0.5, 0.6) is 11.5 Å². The van der Waals surface area contributed by atoms with Crippen LogP contribution in [0.3, 0.4) is 0 Å². The first-order chi connectivity index (χ1) is 15.6. The van der Waals surface area contributed by atoms with E-state index < -0.39 is 0 Å². The maximum absolute atomic E-state index is 10.4. The summed E-state index contributed by atoms with van der Waals surface area (Å²) in [6.45, 7) is 5.43. The Hall–Kier alpha value is -3.80. The van der Waals surface area contributed by atoms with E-state index in [0.717, 1.165) is 35.1 Å². The van der Waals surface area contributed by atoms with Crippen LogP contribution in [0.4, 0.5) is 0 Å². The molecule has 6 nitrogen and oxygen atoms in total. The molecule has 0 saturated carbocycles. The summed E-state index contributed by atoms with van der Waals surface area (Å²) in [6.07, 6.45) is 12.5. The van der Waals surface area contributed by atoms with Gasteiger partial charge in [0, 0.05) is 35.9 Å². The summed E-state index contributed by atoms with van der Waals surface area (Å²) in [7, 11) is 0. The number of imidazole rings is 2. The summed E-state index contributed by atoms with van der Waals surface area (Å²) in [5, 5.41) is 20.8. The van der Waals surface area contributed by atoms with E-state index in [1.807, 2.05) is 33.7 Å². The minimum atomic E-state index is 0.281. The molecule has 0 fully saturated rings.